The minimum absolute atomic E-state index is 0.250. The fourth-order valence-corrected chi connectivity index (χ4v) is 1.55. The third-order valence-electron chi connectivity index (χ3n) is 2.56. The molecular formula is C12H18N2O4. The number of anilines is 1. The fourth-order valence-electron chi connectivity index (χ4n) is 1.55. The van der Waals surface area contributed by atoms with E-state index in [2.05, 4.69) is 5.32 Å². The van der Waals surface area contributed by atoms with Crippen molar-refractivity contribution in [2.75, 3.05) is 40.3 Å². The first-order valence-corrected chi connectivity index (χ1v) is 5.34. The van der Waals surface area contributed by atoms with Gasteiger partial charge in [0, 0.05) is 26.2 Å². The molecule has 6 nitrogen and oxygen atoms in total. The van der Waals surface area contributed by atoms with Crippen LogP contribution in [0.5, 0.6) is 17.2 Å². The maximum absolute atomic E-state index is 11.6. The molecule has 2 amide bonds. The third-order valence-corrected chi connectivity index (χ3v) is 2.56. The van der Waals surface area contributed by atoms with Crippen LogP contribution in [0.4, 0.5) is 10.5 Å². The lowest BCUT2D eigenvalue weighted by Crippen LogP contribution is -2.35. The van der Waals surface area contributed by atoms with Crippen LogP contribution in [0.2, 0.25) is 0 Å². The van der Waals surface area contributed by atoms with Gasteiger partial charge in [-0.2, -0.15) is 0 Å². The first-order valence-electron chi connectivity index (χ1n) is 5.34. The van der Waals surface area contributed by atoms with Crippen LogP contribution >= 0.6 is 0 Å². The van der Waals surface area contributed by atoms with Gasteiger partial charge in [-0.05, 0) is 0 Å². The fraction of sp³-hybridized carbons (Fsp3) is 0.417. The molecule has 0 saturated carbocycles. The van der Waals surface area contributed by atoms with Crippen molar-refractivity contribution < 1.29 is 19.0 Å². The lowest BCUT2D eigenvalue weighted by atomic mass is 10.2. The van der Waals surface area contributed by atoms with E-state index < -0.39 is 0 Å². The van der Waals surface area contributed by atoms with Crippen molar-refractivity contribution in [1.82, 2.24) is 5.32 Å². The number of urea groups is 1. The van der Waals surface area contributed by atoms with E-state index in [-0.39, 0.29) is 6.03 Å². The standard InChI is InChI=1S/C12H18N2O4/c1-13-12(15)14(2)8-6-10(17-4)11(18-5)7-9(8)16-3/h6-7H,1-5H3,(H,13,15). The number of hydrogen-bond acceptors (Lipinski definition) is 4. The molecule has 6 heteroatoms. The van der Waals surface area contributed by atoms with E-state index >= 15 is 0 Å². The number of methoxy groups -OCH3 is 3. The Morgan fingerprint density at radius 2 is 1.56 bits per heavy atom. The van der Waals surface area contributed by atoms with Crippen molar-refractivity contribution in [3.8, 4) is 17.2 Å². The second kappa shape index (κ2) is 6.00. The summed E-state index contributed by atoms with van der Waals surface area (Å²) < 4.78 is 15.6. The van der Waals surface area contributed by atoms with Gasteiger partial charge in [-0.25, -0.2) is 4.79 Å². The van der Waals surface area contributed by atoms with Crippen LogP contribution in [-0.2, 0) is 0 Å². The Morgan fingerprint density at radius 1 is 1.06 bits per heavy atom. The number of carbonyl (C=O) groups is 1. The van der Waals surface area contributed by atoms with Crippen molar-refractivity contribution in [1.29, 1.82) is 0 Å². The summed E-state index contributed by atoms with van der Waals surface area (Å²) in [5, 5.41) is 2.54. The van der Waals surface area contributed by atoms with E-state index in [1.165, 1.54) is 19.1 Å². The number of amides is 2. The molecule has 0 radical (unpaired) electrons. The minimum Gasteiger partial charge on any atom is -0.494 e. The van der Waals surface area contributed by atoms with E-state index in [4.69, 9.17) is 14.2 Å². The van der Waals surface area contributed by atoms with Crippen molar-refractivity contribution in [2.45, 2.75) is 0 Å². The van der Waals surface area contributed by atoms with Crippen LogP contribution in [0.25, 0.3) is 0 Å². The zero-order valence-electron chi connectivity index (χ0n) is 11.2. The van der Waals surface area contributed by atoms with Gasteiger partial charge in [-0.3, -0.25) is 4.90 Å². The van der Waals surface area contributed by atoms with Crippen LogP contribution in [0.1, 0.15) is 0 Å². The summed E-state index contributed by atoms with van der Waals surface area (Å²) in [6.07, 6.45) is 0. The average Bonchev–Trinajstić information content (AvgIpc) is 2.43. The van der Waals surface area contributed by atoms with Crippen molar-refractivity contribution in [3.05, 3.63) is 12.1 Å². The zero-order chi connectivity index (χ0) is 13.7. The van der Waals surface area contributed by atoms with Crippen LogP contribution in [0.3, 0.4) is 0 Å². The number of carbonyl (C=O) groups excluding carboxylic acids is 1. The molecule has 0 fully saturated rings. The quantitative estimate of drug-likeness (QED) is 0.884. The summed E-state index contributed by atoms with van der Waals surface area (Å²) >= 11 is 0. The topological polar surface area (TPSA) is 60.0 Å². The number of nitrogens with one attached hydrogen (secondary N) is 1. The summed E-state index contributed by atoms with van der Waals surface area (Å²) in [5.41, 5.74) is 0.592. The predicted octanol–water partition coefficient (Wildman–Crippen LogP) is 1.49. The monoisotopic (exact) mass is 254 g/mol. The second-order valence-electron chi connectivity index (χ2n) is 3.49. The molecular weight excluding hydrogens is 236 g/mol. The van der Waals surface area contributed by atoms with Gasteiger partial charge in [0.1, 0.15) is 5.75 Å². The molecule has 0 aliphatic rings. The Hall–Kier alpha value is -2.11. The molecule has 0 aromatic heterocycles. The van der Waals surface area contributed by atoms with Gasteiger partial charge in [0.15, 0.2) is 11.5 Å². The van der Waals surface area contributed by atoms with Gasteiger partial charge in [0.2, 0.25) is 0 Å². The molecule has 1 aromatic rings. The van der Waals surface area contributed by atoms with Crippen molar-refractivity contribution in [2.24, 2.45) is 0 Å². The highest BCUT2D eigenvalue weighted by Crippen LogP contribution is 2.39. The number of benzene rings is 1. The zero-order valence-corrected chi connectivity index (χ0v) is 11.2. The van der Waals surface area contributed by atoms with E-state index in [0.29, 0.717) is 22.9 Å². The molecule has 1 aromatic carbocycles. The summed E-state index contributed by atoms with van der Waals surface area (Å²) in [6.45, 7) is 0. The van der Waals surface area contributed by atoms with Crippen LogP contribution < -0.4 is 24.4 Å². The normalized spacial score (nSPS) is 9.61. The summed E-state index contributed by atoms with van der Waals surface area (Å²) in [5.74, 6) is 1.60. The molecule has 1 N–H and O–H groups in total. The van der Waals surface area contributed by atoms with Crippen molar-refractivity contribution in [3.63, 3.8) is 0 Å². The van der Waals surface area contributed by atoms with E-state index in [1.54, 1.807) is 33.3 Å². The maximum atomic E-state index is 11.6. The average molecular weight is 254 g/mol. The van der Waals surface area contributed by atoms with E-state index in [1.807, 2.05) is 0 Å². The molecule has 0 bridgehead atoms. The first kappa shape index (κ1) is 14.0. The summed E-state index contributed by atoms with van der Waals surface area (Å²) in [7, 11) is 7.81. The van der Waals surface area contributed by atoms with Crippen LogP contribution in [-0.4, -0.2) is 41.5 Å². The highest BCUT2D eigenvalue weighted by Gasteiger charge is 2.18. The number of rotatable bonds is 4. The number of hydrogen-bond donors (Lipinski definition) is 1. The molecule has 100 valence electrons. The Labute approximate surface area is 106 Å². The first-order chi connectivity index (χ1) is 8.58. The van der Waals surface area contributed by atoms with Gasteiger partial charge in [0.05, 0.1) is 27.0 Å². The van der Waals surface area contributed by atoms with E-state index in [0.717, 1.165) is 0 Å². The lowest BCUT2D eigenvalue weighted by molar-refractivity contribution is 0.249. The van der Waals surface area contributed by atoms with Gasteiger partial charge in [0.25, 0.3) is 0 Å². The van der Waals surface area contributed by atoms with Gasteiger partial charge < -0.3 is 19.5 Å². The molecule has 0 aliphatic carbocycles. The van der Waals surface area contributed by atoms with Gasteiger partial charge in [-0.1, -0.05) is 0 Å². The lowest BCUT2D eigenvalue weighted by Gasteiger charge is -2.21. The molecule has 1 rings (SSSR count). The SMILES string of the molecule is CNC(=O)N(C)c1cc(OC)c(OC)cc1OC. The molecule has 0 atom stereocenters. The smallest absolute Gasteiger partial charge is 0.321 e. The molecule has 0 saturated heterocycles. The highest BCUT2D eigenvalue weighted by atomic mass is 16.5. The minimum atomic E-state index is -0.250. The van der Waals surface area contributed by atoms with Crippen LogP contribution in [0.15, 0.2) is 12.1 Å². The summed E-state index contributed by atoms with van der Waals surface area (Å²) in [6, 6.07) is 3.11. The molecule has 18 heavy (non-hydrogen) atoms. The number of nitrogens with zero attached hydrogens (tertiary/aromatic N) is 1. The predicted molar refractivity (Wildman–Crippen MR) is 69.0 cm³/mol. The third kappa shape index (κ3) is 2.58. The Bertz CT molecular complexity index is 434. The molecule has 0 spiro atoms. The molecule has 0 aliphatic heterocycles. The number of ether oxygens (including phenoxy) is 3. The maximum Gasteiger partial charge on any atom is 0.321 e. The van der Waals surface area contributed by atoms with E-state index in [9.17, 15) is 4.79 Å². The Kier molecular flexibility index (Phi) is 4.65. The van der Waals surface area contributed by atoms with Gasteiger partial charge in [-0.15, -0.1) is 0 Å². The van der Waals surface area contributed by atoms with Crippen LogP contribution in [0, 0.1) is 0 Å². The highest BCUT2D eigenvalue weighted by molar-refractivity contribution is 5.93. The Morgan fingerprint density at radius 3 is 2.00 bits per heavy atom. The molecule has 0 heterocycles. The Balaban J connectivity index is 3.29. The largest absolute Gasteiger partial charge is 0.494 e. The van der Waals surface area contributed by atoms with Gasteiger partial charge >= 0.3 is 6.03 Å². The molecule has 0 unspecified atom stereocenters. The summed E-state index contributed by atoms with van der Waals surface area (Å²) in [4.78, 5) is 13.1. The van der Waals surface area contributed by atoms with Crippen molar-refractivity contribution >= 4 is 11.7 Å². The second-order valence-corrected chi connectivity index (χ2v) is 3.49.